The largest absolute Gasteiger partial charge is 0.458 e. The van der Waals surface area contributed by atoms with E-state index in [2.05, 4.69) is 18.0 Å². The number of aliphatic hydroxyl groups excluding tert-OH is 1. The zero-order valence-electron chi connectivity index (χ0n) is 38.9. The number of fused-ring (bicyclic) bond motifs is 5. The minimum atomic E-state index is -1.68. The lowest BCUT2D eigenvalue weighted by molar-refractivity contribution is -0.338. The van der Waals surface area contributed by atoms with E-state index in [4.69, 9.17) is 47.4 Å². The number of ether oxygens (including phenoxy) is 10. The zero-order chi connectivity index (χ0) is 45.9. The van der Waals surface area contributed by atoms with Crippen molar-refractivity contribution in [2.45, 2.75) is 203 Å². The molecule has 20 atom stereocenters. The zero-order valence-corrected chi connectivity index (χ0v) is 38.9. The van der Waals surface area contributed by atoms with Crippen LogP contribution in [0.2, 0.25) is 0 Å². The summed E-state index contributed by atoms with van der Waals surface area (Å²) in [7, 11) is 4.86. The van der Waals surface area contributed by atoms with Crippen molar-refractivity contribution in [3.05, 3.63) is 41.7 Å². The van der Waals surface area contributed by atoms with Gasteiger partial charge in [0.05, 0.1) is 48.3 Å². The molecule has 8 rings (SSSR count). The number of aliphatic hydroxyl groups is 3. The molecule has 3 saturated carbocycles. The number of ketones is 1. The Morgan fingerprint density at radius 2 is 1.39 bits per heavy atom. The Labute approximate surface area is 376 Å². The monoisotopic (exact) mass is 901 g/mol. The Morgan fingerprint density at radius 1 is 0.797 bits per heavy atom. The highest BCUT2D eigenvalue weighted by Gasteiger charge is 2.77. The first-order chi connectivity index (χ1) is 30.4. The first-order valence-corrected chi connectivity index (χ1v) is 23.4. The summed E-state index contributed by atoms with van der Waals surface area (Å²) in [6, 6.07) is 3.30. The Balaban J connectivity index is 0.914. The Morgan fingerprint density at radius 3 is 1.97 bits per heavy atom. The van der Waals surface area contributed by atoms with Gasteiger partial charge in [0, 0.05) is 70.2 Å². The number of carbonyl (C=O) groups excluding carboxylic acids is 2. The van der Waals surface area contributed by atoms with Crippen molar-refractivity contribution >= 4 is 11.8 Å². The molecule has 1 aromatic heterocycles. The normalized spacial score (nSPS) is 48.0. The molecule has 16 nitrogen and oxygen atoms in total. The highest BCUT2D eigenvalue weighted by Crippen LogP contribution is 2.70. The van der Waals surface area contributed by atoms with Crippen LogP contribution in [0.25, 0.3) is 0 Å². The van der Waals surface area contributed by atoms with Crippen molar-refractivity contribution in [1.82, 2.24) is 4.98 Å². The fraction of sp³-hybridized carbons (Fsp3) is 0.812. The molecule has 3 aliphatic heterocycles. The molecule has 1 aromatic rings. The van der Waals surface area contributed by atoms with E-state index in [1.807, 2.05) is 20.8 Å². The topological polar surface area (TPSA) is 200 Å². The van der Waals surface area contributed by atoms with Crippen LogP contribution >= 0.6 is 0 Å². The van der Waals surface area contributed by atoms with Crippen LogP contribution in [0.5, 0.6) is 0 Å². The van der Waals surface area contributed by atoms with E-state index in [-0.39, 0.29) is 42.5 Å². The molecule has 0 bridgehead atoms. The van der Waals surface area contributed by atoms with Crippen LogP contribution in [-0.2, 0) is 52.2 Å². The third-order valence-corrected chi connectivity index (χ3v) is 16.8. The summed E-state index contributed by atoms with van der Waals surface area (Å²) >= 11 is 0. The lowest BCUT2D eigenvalue weighted by atomic mass is 9.43. The average molecular weight is 902 g/mol. The van der Waals surface area contributed by atoms with Crippen molar-refractivity contribution in [3.63, 3.8) is 0 Å². The van der Waals surface area contributed by atoms with Gasteiger partial charge < -0.3 is 62.7 Å². The van der Waals surface area contributed by atoms with Gasteiger partial charge in [0.25, 0.3) is 0 Å². The van der Waals surface area contributed by atoms with E-state index in [0.717, 1.165) is 5.57 Å². The van der Waals surface area contributed by atoms with Crippen LogP contribution in [-0.4, -0.2) is 151 Å². The van der Waals surface area contributed by atoms with E-state index in [1.165, 1.54) is 13.1 Å². The van der Waals surface area contributed by atoms with Gasteiger partial charge in [-0.1, -0.05) is 25.5 Å². The molecular weight excluding hydrogens is 831 g/mol. The van der Waals surface area contributed by atoms with Crippen LogP contribution in [0.3, 0.4) is 0 Å². The number of Topliss-reactive ketones (excluding diaryl/α,β-unsaturated/α-hetero) is 1. The van der Waals surface area contributed by atoms with E-state index >= 15 is 0 Å². The van der Waals surface area contributed by atoms with Crippen LogP contribution in [0.4, 0.5) is 0 Å². The minimum absolute atomic E-state index is 0.0905. The molecule has 0 amide bonds. The highest BCUT2D eigenvalue weighted by molar-refractivity contribution is 5.89. The summed E-state index contributed by atoms with van der Waals surface area (Å²) < 4.78 is 62.3. The SMILES string of the molecule is CO[C@H]1C[C@H](O[C@H]2CC[C@@]3(C)C(=CC[C@]4(O)[C@@H]3C[C@@H](OC(=O)c3cccnc3)[C@]3(C)[C@H](C(C)=O)CC[C@@]34O)C2)O[C@H](C)[C@H]1O[C@H]1C[C@H](OC)[C@H](O[C@H]2C[C@@H](OC)[C@@H](O)[C@H](C)O2)[C@@H](C)O1. The van der Waals surface area contributed by atoms with Crippen molar-refractivity contribution < 1.29 is 72.3 Å². The summed E-state index contributed by atoms with van der Waals surface area (Å²) in [6.07, 6.45) is 2.54. The summed E-state index contributed by atoms with van der Waals surface area (Å²) in [5.41, 5.74) is -3.54. The number of hydrogen-bond acceptors (Lipinski definition) is 16. The highest BCUT2D eigenvalue weighted by atomic mass is 16.7. The second kappa shape index (κ2) is 18.6. The van der Waals surface area contributed by atoms with Gasteiger partial charge in [-0.05, 0) is 90.2 Å². The number of methoxy groups -OCH3 is 3. The van der Waals surface area contributed by atoms with Gasteiger partial charge >= 0.3 is 5.97 Å². The molecule has 64 heavy (non-hydrogen) atoms. The number of esters is 1. The molecule has 0 radical (unpaired) electrons. The van der Waals surface area contributed by atoms with Gasteiger partial charge in [-0.15, -0.1) is 0 Å². The maximum atomic E-state index is 13.6. The fourth-order valence-corrected chi connectivity index (χ4v) is 13.1. The number of carbonyl (C=O) groups is 2. The molecule has 6 fully saturated rings. The second-order valence-electron chi connectivity index (χ2n) is 20.1. The lowest BCUT2D eigenvalue weighted by Gasteiger charge is -2.66. The maximum Gasteiger partial charge on any atom is 0.339 e. The predicted octanol–water partition coefficient (Wildman–Crippen LogP) is 4.58. The smallest absolute Gasteiger partial charge is 0.339 e. The molecule has 3 saturated heterocycles. The summed E-state index contributed by atoms with van der Waals surface area (Å²) in [5.74, 6) is -1.70. The van der Waals surface area contributed by atoms with Crippen molar-refractivity contribution in [3.8, 4) is 0 Å². The van der Waals surface area contributed by atoms with Crippen molar-refractivity contribution in [2.75, 3.05) is 21.3 Å². The Bertz CT molecular complexity index is 1850. The van der Waals surface area contributed by atoms with Gasteiger partial charge in [-0.2, -0.15) is 0 Å². The lowest BCUT2D eigenvalue weighted by Crippen LogP contribution is -2.75. The molecule has 4 heterocycles. The predicted molar refractivity (Wildman–Crippen MR) is 227 cm³/mol. The number of pyridine rings is 1. The van der Waals surface area contributed by atoms with Crippen LogP contribution in [0, 0.1) is 22.7 Å². The number of aromatic nitrogens is 1. The number of rotatable bonds is 12. The number of hydrogen-bond donors (Lipinski definition) is 3. The van der Waals surface area contributed by atoms with Gasteiger partial charge in [0.2, 0.25) is 0 Å². The Hall–Kier alpha value is -2.45. The molecule has 358 valence electrons. The quantitative estimate of drug-likeness (QED) is 0.194. The molecule has 0 unspecified atom stereocenters. The third-order valence-electron chi connectivity index (χ3n) is 16.8. The van der Waals surface area contributed by atoms with Crippen molar-refractivity contribution in [2.24, 2.45) is 22.7 Å². The number of nitrogens with zero attached hydrogens (tertiary/aromatic N) is 1. The van der Waals surface area contributed by atoms with Gasteiger partial charge in [-0.25, -0.2) is 4.79 Å². The first-order valence-electron chi connectivity index (χ1n) is 23.4. The maximum absolute atomic E-state index is 13.6. The van der Waals surface area contributed by atoms with E-state index in [0.29, 0.717) is 51.4 Å². The third kappa shape index (κ3) is 8.22. The van der Waals surface area contributed by atoms with Gasteiger partial charge in [0.15, 0.2) is 18.9 Å². The van der Waals surface area contributed by atoms with Gasteiger partial charge in [-0.3, -0.25) is 9.78 Å². The van der Waals surface area contributed by atoms with E-state index < -0.39 is 108 Å². The molecule has 3 N–H and O–H groups in total. The van der Waals surface area contributed by atoms with Gasteiger partial charge in [0.1, 0.15) is 41.4 Å². The average Bonchev–Trinajstić information content (AvgIpc) is 3.57. The standard InChI is InChI=1S/C48H71NO15/c1-25(50)32-14-17-48(54)46(32,6)37(62-44(52)29-11-10-18-49-24-29)23-36-45(5)15-13-31(19-30(45)12-16-47(36,48)53)61-38-21-34(56-8)42(27(3)59-38)64-40-22-35(57-9)43(28(4)60-40)63-39-20-33(55-7)41(51)26(2)58-39/h10-12,18,24,26-28,31-43,51,53-54H,13-17,19-23H2,1-9H3/t26-,27+,28+,31-,32-,33+,34-,35-,36+,37+,38-,39-,40-,41-,42+,43+,45-,46-,47-,48+/m0/s1. The van der Waals surface area contributed by atoms with Crippen molar-refractivity contribution in [1.29, 1.82) is 0 Å². The molecule has 0 aromatic carbocycles. The van der Waals surface area contributed by atoms with Crippen LogP contribution in [0.15, 0.2) is 36.2 Å². The fourth-order valence-electron chi connectivity index (χ4n) is 13.1. The van der Waals surface area contributed by atoms with E-state index in [9.17, 15) is 24.9 Å². The Kier molecular flexibility index (Phi) is 13.9. The molecule has 7 aliphatic rings. The van der Waals surface area contributed by atoms with E-state index in [1.54, 1.807) is 46.6 Å². The second-order valence-corrected chi connectivity index (χ2v) is 20.1. The summed E-state index contributed by atoms with van der Waals surface area (Å²) in [4.78, 5) is 30.9. The summed E-state index contributed by atoms with van der Waals surface area (Å²) in [5, 5.41) is 36.2. The minimum Gasteiger partial charge on any atom is -0.458 e. The molecule has 0 spiro atoms. The molecular formula is C48H71NO15. The van der Waals surface area contributed by atoms with Crippen LogP contribution in [0.1, 0.15) is 116 Å². The molecule has 16 heteroatoms. The molecule has 4 aliphatic carbocycles. The first kappa shape index (κ1) is 48.0. The van der Waals surface area contributed by atoms with Crippen LogP contribution < -0.4 is 0 Å². The summed E-state index contributed by atoms with van der Waals surface area (Å²) in [6.45, 7) is 11.2.